The number of sulfone groups is 1. The Morgan fingerprint density at radius 2 is 1.93 bits per heavy atom. The van der Waals surface area contributed by atoms with E-state index in [1.54, 1.807) is 12.1 Å². The molecule has 2 aromatic rings. The van der Waals surface area contributed by atoms with Gasteiger partial charge in [0.05, 0.1) is 17.5 Å². The van der Waals surface area contributed by atoms with E-state index in [1.807, 2.05) is 47.4 Å². The third kappa shape index (κ3) is 4.85. The highest BCUT2D eigenvalue weighted by Gasteiger charge is 2.49. The number of halogens is 1. The van der Waals surface area contributed by atoms with Crippen molar-refractivity contribution in [3.63, 3.8) is 0 Å². The Morgan fingerprint density at radius 1 is 1.14 bits per heavy atom. The largest absolute Gasteiger partial charge is 0.316 e. The van der Waals surface area contributed by atoms with E-state index in [2.05, 4.69) is 4.99 Å². The molecule has 2 fully saturated rings. The van der Waals surface area contributed by atoms with Gasteiger partial charge in [-0.15, -0.1) is 0 Å². The molecular formula is C21H21ClN2O3S2. The van der Waals surface area contributed by atoms with Gasteiger partial charge in [0.15, 0.2) is 15.0 Å². The van der Waals surface area contributed by atoms with Gasteiger partial charge < -0.3 is 4.90 Å². The number of amides is 1. The second-order valence-electron chi connectivity index (χ2n) is 7.28. The first-order valence-corrected chi connectivity index (χ1v) is 12.6. The Labute approximate surface area is 180 Å². The van der Waals surface area contributed by atoms with Gasteiger partial charge in [-0.2, -0.15) is 4.99 Å². The van der Waals surface area contributed by atoms with Crippen molar-refractivity contribution in [1.82, 2.24) is 0 Å². The summed E-state index contributed by atoms with van der Waals surface area (Å²) in [5.74, 6) is -0.00256. The summed E-state index contributed by atoms with van der Waals surface area (Å²) >= 11 is 7.53. The van der Waals surface area contributed by atoms with Gasteiger partial charge in [0.1, 0.15) is 0 Å². The lowest BCUT2D eigenvalue weighted by molar-refractivity contribution is -0.117. The monoisotopic (exact) mass is 448 g/mol. The number of aryl methyl sites for hydroxylation is 1. The van der Waals surface area contributed by atoms with E-state index in [0.717, 1.165) is 18.5 Å². The van der Waals surface area contributed by atoms with Crippen molar-refractivity contribution in [2.75, 3.05) is 16.4 Å². The molecule has 0 unspecified atom stereocenters. The van der Waals surface area contributed by atoms with Crippen molar-refractivity contribution < 1.29 is 13.2 Å². The molecular weight excluding hydrogens is 428 g/mol. The maximum absolute atomic E-state index is 12.5. The van der Waals surface area contributed by atoms with Gasteiger partial charge in [0.2, 0.25) is 5.91 Å². The van der Waals surface area contributed by atoms with E-state index in [9.17, 15) is 13.2 Å². The first-order valence-electron chi connectivity index (χ1n) is 9.49. The van der Waals surface area contributed by atoms with Gasteiger partial charge in [-0.05, 0) is 36.6 Å². The predicted molar refractivity (Wildman–Crippen MR) is 120 cm³/mol. The van der Waals surface area contributed by atoms with Gasteiger partial charge in [0, 0.05) is 22.4 Å². The molecule has 0 bridgehead atoms. The number of anilines is 1. The van der Waals surface area contributed by atoms with Crippen LogP contribution in [0.2, 0.25) is 5.02 Å². The molecule has 0 spiro atoms. The van der Waals surface area contributed by atoms with Crippen molar-refractivity contribution in [2.24, 2.45) is 4.99 Å². The predicted octanol–water partition coefficient (Wildman–Crippen LogP) is 3.96. The van der Waals surface area contributed by atoms with Crippen LogP contribution in [0.4, 0.5) is 5.69 Å². The molecule has 0 radical (unpaired) electrons. The van der Waals surface area contributed by atoms with E-state index >= 15 is 0 Å². The Morgan fingerprint density at radius 3 is 2.69 bits per heavy atom. The number of benzene rings is 2. The molecule has 2 aliphatic rings. The van der Waals surface area contributed by atoms with Crippen molar-refractivity contribution in [3.8, 4) is 0 Å². The second-order valence-corrected chi connectivity index (χ2v) is 11.1. The normalized spacial score (nSPS) is 24.0. The summed E-state index contributed by atoms with van der Waals surface area (Å²) < 4.78 is 24.2. The minimum atomic E-state index is -3.09. The number of aliphatic imine (C=N–C) groups is 1. The van der Waals surface area contributed by atoms with Crippen LogP contribution >= 0.6 is 23.4 Å². The minimum absolute atomic E-state index is 0.0679. The van der Waals surface area contributed by atoms with Crippen LogP contribution in [0.25, 0.3) is 0 Å². The summed E-state index contributed by atoms with van der Waals surface area (Å²) in [4.78, 5) is 18.7. The van der Waals surface area contributed by atoms with Crippen LogP contribution in [-0.4, -0.2) is 42.3 Å². The van der Waals surface area contributed by atoms with E-state index < -0.39 is 9.84 Å². The molecule has 0 aliphatic carbocycles. The van der Waals surface area contributed by atoms with Gasteiger partial charge in [-0.1, -0.05) is 59.8 Å². The van der Waals surface area contributed by atoms with E-state index in [0.29, 0.717) is 16.6 Å². The molecule has 0 saturated carbocycles. The summed E-state index contributed by atoms with van der Waals surface area (Å²) in [6, 6.07) is 17.1. The van der Waals surface area contributed by atoms with Gasteiger partial charge >= 0.3 is 0 Å². The van der Waals surface area contributed by atoms with Crippen LogP contribution in [0.1, 0.15) is 18.4 Å². The van der Waals surface area contributed by atoms with Crippen LogP contribution in [-0.2, 0) is 21.1 Å². The van der Waals surface area contributed by atoms with Crippen LogP contribution in [0, 0.1) is 0 Å². The molecule has 0 N–H and O–H groups in total. The molecule has 8 heteroatoms. The maximum Gasteiger partial charge on any atom is 0.248 e. The van der Waals surface area contributed by atoms with Crippen molar-refractivity contribution >= 4 is 50.0 Å². The molecule has 2 saturated heterocycles. The first-order chi connectivity index (χ1) is 13.9. The molecule has 2 aromatic carbocycles. The van der Waals surface area contributed by atoms with Crippen LogP contribution in [0.3, 0.4) is 0 Å². The number of hydrogen-bond acceptors (Lipinski definition) is 4. The Balaban J connectivity index is 1.51. The summed E-state index contributed by atoms with van der Waals surface area (Å²) in [7, 11) is -3.09. The lowest BCUT2D eigenvalue weighted by atomic mass is 10.1. The highest BCUT2D eigenvalue weighted by atomic mass is 35.5. The van der Waals surface area contributed by atoms with E-state index in [-0.39, 0.29) is 28.7 Å². The molecule has 29 heavy (non-hydrogen) atoms. The number of thioether (sulfide) groups is 1. The third-order valence-electron chi connectivity index (χ3n) is 5.07. The van der Waals surface area contributed by atoms with Crippen LogP contribution < -0.4 is 4.90 Å². The summed E-state index contributed by atoms with van der Waals surface area (Å²) in [5.41, 5.74) is 1.97. The molecule has 4 rings (SSSR count). The lowest BCUT2D eigenvalue weighted by Crippen LogP contribution is -2.37. The van der Waals surface area contributed by atoms with Crippen molar-refractivity contribution in [2.45, 2.75) is 30.6 Å². The number of carbonyl (C=O) groups is 1. The number of hydrogen-bond donors (Lipinski definition) is 0. The fourth-order valence-electron chi connectivity index (χ4n) is 3.74. The second kappa shape index (κ2) is 8.50. The highest BCUT2D eigenvalue weighted by Crippen LogP contribution is 2.41. The van der Waals surface area contributed by atoms with Crippen LogP contribution in [0.5, 0.6) is 0 Å². The lowest BCUT2D eigenvalue weighted by Gasteiger charge is -2.24. The average molecular weight is 449 g/mol. The quantitative estimate of drug-likeness (QED) is 0.692. The summed E-state index contributed by atoms with van der Waals surface area (Å²) in [5, 5.41) is 1.02. The number of amidine groups is 1. The summed E-state index contributed by atoms with van der Waals surface area (Å²) in [6.45, 7) is 0. The molecule has 152 valence electrons. The zero-order valence-corrected chi connectivity index (χ0v) is 18.1. The molecule has 1 amide bonds. The van der Waals surface area contributed by atoms with E-state index in [4.69, 9.17) is 11.6 Å². The van der Waals surface area contributed by atoms with Gasteiger partial charge in [0.25, 0.3) is 0 Å². The fourth-order valence-corrected chi connectivity index (χ4v) is 7.86. The zero-order chi connectivity index (χ0) is 20.4. The third-order valence-corrected chi connectivity index (χ3v) is 8.52. The van der Waals surface area contributed by atoms with Crippen LogP contribution in [0.15, 0.2) is 59.6 Å². The number of rotatable bonds is 5. The number of nitrogens with zero attached hydrogens (tertiary/aromatic N) is 2. The van der Waals surface area contributed by atoms with E-state index in [1.165, 1.54) is 17.3 Å². The maximum atomic E-state index is 12.5. The van der Waals surface area contributed by atoms with Gasteiger partial charge in [-0.3, -0.25) is 4.79 Å². The Hall–Kier alpha value is -1.83. The number of carbonyl (C=O) groups excluding carboxylic acids is 1. The Kier molecular flexibility index (Phi) is 5.99. The Bertz CT molecular complexity index is 1040. The topological polar surface area (TPSA) is 66.8 Å². The van der Waals surface area contributed by atoms with Crippen molar-refractivity contribution in [1.29, 1.82) is 0 Å². The fraction of sp³-hybridized carbons (Fsp3) is 0.333. The molecule has 2 atom stereocenters. The molecule has 2 aliphatic heterocycles. The van der Waals surface area contributed by atoms with Crippen molar-refractivity contribution in [3.05, 3.63) is 65.2 Å². The molecule has 2 heterocycles. The summed E-state index contributed by atoms with van der Waals surface area (Å²) in [6.07, 6.45) is 1.91. The van der Waals surface area contributed by atoms with Gasteiger partial charge in [-0.25, -0.2) is 8.42 Å². The highest BCUT2D eigenvalue weighted by molar-refractivity contribution is 8.16. The zero-order valence-electron chi connectivity index (χ0n) is 15.7. The molecule has 0 aromatic heterocycles. The smallest absolute Gasteiger partial charge is 0.248 e. The SMILES string of the molecule is O=C(CCCc1ccccc1)N=C1S[C@@H]2CS(=O)(=O)C[C@@H]2N1c1cccc(Cl)c1. The minimum Gasteiger partial charge on any atom is -0.316 e. The molecule has 5 nitrogen and oxygen atoms in total. The standard InChI is InChI=1S/C21H21ClN2O3S2/c22-16-9-5-10-17(12-16)24-18-13-29(26,27)14-19(18)28-21(24)23-20(25)11-4-8-15-6-2-1-3-7-15/h1-3,5-7,9-10,12,18-19H,4,8,11,13-14H2/t18-,19+/m0/s1. The average Bonchev–Trinajstić information content (AvgIpc) is 3.13. The number of fused-ring (bicyclic) bond motifs is 1. The first kappa shape index (κ1) is 20.4.